The first-order valence-corrected chi connectivity index (χ1v) is 11.0. The van der Waals surface area contributed by atoms with Crippen molar-refractivity contribution in [1.29, 1.82) is 0 Å². The van der Waals surface area contributed by atoms with Crippen molar-refractivity contribution in [2.24, 2.45) is 0 Å². The molecule has 1 aliphatic heterocycles. The summed E-state index contributed by atoms with van der Waals surface area (Å²) in [6, 6.07) is 12.4. The van der Waals surface area contributed by atoms with Gasteiger partial charge in [0.1, 0.15) is 14.2 Å². The van der Waals surface area contributed by atoms with Crippen LogP contribution < -0.4 is 19.7 Å². The molecule has 6 heteroatoms. The second kappa shape index (κ2) is 7.60. The van der Waals surface area contributed by atoms with Crippen LogP contribution in [0.25, 0.3) is 11.1 Å². The number of benzene rings is 1. The Hall–Kier alpha value is -2.31. The Morgan fingerprint density at radius 1 is 1.21 bits per heavy atom. The third-order valence-corrected chi connectivity index (χ3v) is 7.37. The van der Waals surface area contributed by atoms with Crippen molar-refractivity contribution in [2.75, 3.05) is 11.9 Å². The number of pyridine rings is 1. The molecule has 0 saturated carbocycles. The number of fused-ring (bicyclic) bond motifs is 1. The normalized spacial score (nSPS) is 16.2. The van der Waals surface area contributed by atoms with Gasteiger partial charge in [-0.2, -0.15) is 0 Å². The first-order chi connectivity index (χ1) is 13.5. The van der Waals surface area contributed by atoms with Crippen molar-refractivity contribution in [1.82, 2.24) is 9.55 Å². The number of aromatic nitrogens is 2. The molecule has 3 heterocycles. The largest absolute Gasteiger partial charge is 0.337 e. The topological polar surface area (TPSA) is 38.1 Å². The van der Waals surface area contributed by atoms with E-state index >= 15 is 0 Å². The summed E-state index contributed by atoms with van der Waals surface area (Å²) in [4.78, 5) is 20.9. The highest BCUT2D eigenvalue weighted by atomic mass is 32.2. The molecular weight excluding hydrogens is 386 g/mol. The van der Waals surface area contributed by atoms with Crippen LogP contribution in [-0.2, 0) is 6.54 Å². The number of thiazole rings is 1. The second-order valence-electron chi connectivity index (χ2n) is 7.07. The van der Waals surface area contributed by atoms with E-state index in [9.17, 15) is 4.79 Å². The zero-order valence-corrected chi connectivity index (χ0v) is 18.1. The Bertz CT molecular complexity index is 1190. The summed E-state index contributed by atoms with van der Waals surface area (Å²) in [5, 5.41) is 1.01. The molecule has 0 aliphatic carbocycles. The van der Waals surface area contributed by atoms with Gasteiger partial charge >= 0.3 is 0 Å². The van der Waals surface area contributed by atoms with E-state index in [1.807, 2.05) is 42.8 Å². The number of anilines is 1. The van der Waals surface area contributed by atoms with Gasteiger partial charge in [0.2, 0.25) is 0 Å². The standard InChI is InChI=1S/C22H23N3OS2/c1-5-25-19(13-16-8-6-7-11-23-16)28-20(21(25)26)22-24(4)17-10-9-15(14(2)3)12-18(17)27-22/h6-14H,5H2,1-4H3/b19-13-,22-20+. The van der Waals surface area contributed by atoms with Crippen LogP contribution in [-0.4, -0.2) is 16.6 Å². The molecule has 0 spiro atoms. The van der Waals surface area contributed by atoms with Gasteiger partial charge < -0.3 is 4.90 Å². The summed E-state index contributed by atoms with van der Waals surface area (Å²) < 4.78 is 3.55. The van der Waals surface area contributed by atoms with Crippen molar-refractivity contribution in [3.63, 3.8) is 0 Å². The van der Waals surface area contributed by atoms with Crippen LogP contribution in [0.5, 0.6) is 0 Å². The molecule has 0 unspecified atom stereocenters. The highest BCUT2D eigenvalue weighted by Crippen LogP contribution is 2.46. The highest BCUT2D eigenvalue weighted by Gasteiger charge is 2.25. The Morgan fingerprint density at radius 3 is 2.71 bits per heavy atom. The van der Waals surface area contributed by atoms with Crippen LogP contribution in [0.4, 0.5) is 5.69 Å². The molecule has 4 nitrogen and oxygen atoms in total. The summed E-state index contributed by atoms with van der Waals surface area (Å²) in [5.74, 6) is 0.485. The van der Waals surface area contributed by atoms with Gasteiger partial charge in [0.05, 0.1) is 11.4 Å². The van der Waals surface area contributed by atoms with Gasteiger partial charge in [-0.3, -0.25) is 14.3 Å². The van der Waals surface area contributed by atoms with Gasteiger partial charge in [0.25, 0.3) is 5.56 Å². The lowest BCUT2D eigenvalue weighted by Gasteiger charge is -2.13. The minimum atomic E-state index is 0.0703. The molecule has 0 amide bonds. The van der Waals surface area contributed by atoms with E-state index in [4.69, 9.17) is 0 Å². The zero-order valence-electron chi connectivity index (χ0n) is 16.5. The first-order valence-electron chi connectivity index (χ1n) is 9.41. The quantitative estimate of drug-likeness (QED) is 0.663. The minimum absolute atomic E-state index is 0.0703. The van der Waals surface area contributed by atoms with Gasteiger partial charge in [-0.25, -0.2) is 0 Å². The molecule has 2 aromatic heterocycles. The SMILES string of the molecule is CCn1c(=O)/c(=C2\Sc3cc(C(C)C)ccc3N2C)s/c1=C\c1ccccn1. The fourth-order valence-corrected chi connectivity index (χ4v) is 5.80. The van der Waals surface area contributed by atoms with E-state index in [-0.39, 0.29) is 5.56 Å². The molecule has 0 bridgehead atoms. The Kier molecular flexibility index (Phi) is 5.17. The van der Waals surface area contributed by atoms with Crippen LogP contribution in [0.15, 0.2) is 52.3 Å². The van der Waals surface area contributed by atoms with Crippen molar-refractivity contribution >= 4 is 39.9 Å². The van der Waals surface area contributed by atoms with Crippen LogP contribution in [0, 0.1) is 0 Å². The fourth-order valence-electron chi connectivity index (χ4n) is 3.29. The number of thioether (sulfide) groups is 1. The van der Waals surface area contributed by atoms with Gasteiger partial charge in [0, 0.05) is 24.7 Å². The fraction of sp³-hybridized carbons (Fsp3) is 0.273. The predicted octanol–water partition coefficient (Wildman–Crippen LogP) is 3.58. The average molecular weight is 410 g/mol. The van der Waals surface area contributed by atoms with Crippen LogP contribution in [0.2, 0.25) is 0 Å². The number of rotatable bonds is 3. The maximum atomic E-state index is 13.1. The molecule has 144 valence electrons. The van der Waals surface area contributed by atoms with Crippen LogP contribution >= 0.6 is 23.1 Å². The van der Waals surface area contributed by atoms with Gasteiger partial charge in [-0.05, 0) is 48.7 Å². The van der Waals surface area contributed by atoms with Crippen molar-refractivity contribution in [2.45, 2.75) is 38.1 Å². The van der Waals surface area contributed by atoms with Crippen LogP contribution in [0.3, 0.4) is 0 Å². The molecule has 0 fully saturated rings. The third-order valence-electron chi connectivity index (χ3n) is 4.90. The highest BCUT2D eigenvalue weighted by molar-refractivity contribution is 8.08. The monoisotopic (exact) mass is 409 g/mol. The molecule has 28 heavy (non-hydrogen) atoms. The molecule has 1 aromatic carbocycles. The van der Waals surface area contributed by atoms with E-state index < -0.39 is 0 Å². The van der Waals surface area contributed by atoms with Gasteiger partial charge in [-0.1, -0.05) is 37.7 Å². The first kappa shape index (κ1) is 19.0. The lowest BCUT2D eigenvalue weighted by Crippen LogP contribution is -2.33. The summed E-state index contributed by atoms with van der Waals surface area (Å²) >= 11 is 3.24. The number of hydrogen-bond donors (Lipinski definition) is 0. The van der Waals surface area contributed by atoms with Gasteiger partial charge in [0.15, 0.2) is 0 Å². The van der Waals surface area contributed by atoms with Crippen molar-refractivity contribution < 1.29 is 0 Å². The Labute approximate surface area is 172 Å². The third kappa shape index (κ3) is 3.31. The second-order valence-corrected chi connectivity index (χ2v) is 9.13. The predicted molar refractivity (Wildman–Crippen MR) is 120 cm³/mol. The average Bonchev–Trinajstić information content (AvgIpc) is 3.18. The zero-order chi connectivity index (χ0) is 19.8. The molecule has 3 aromatic rings. The molecule has 0 atom stereocenters. The van der Waals surface area contributed by atoms with E-state index in [1.54, 1.807) is 29.3 Å². The lowest BCUT2D eigenvalue weighted by molar-refractivity contribution is 0.722. The molecule has 1 aliphatic rings. The maximum Gasteiger partial charge on any atom is 0.271 e. The maximum absolute atomic E-state index is 13.1. The molecule has 0 saturated heterocycles. The van der Waals surface area contributed by atoms with E-state index in [1.165, 1.54) is 10.5 Å². The minimum Gasteiger partial charge on any atom is -0.337 e. The van der Waals surface area contributed by atoms with E-state index in [2.05, 4.69) is 41.9 Å². The lowest BCUT2D eigenvalue weighted by atomic mass is 10.0. The van der Waals surface area contributed by atoms with Gasteiger partial charge in [-0.15, -0.1) is 11.3 Å². The van der Waals surface area contributed by atoms with E-state index in [0.717, 1.165) is 25.6 Å². The van der Waals surface area contributed by atoms with Crippen LogP contribution in [0.1, 0.15) is 37.9 Å². The molecule has 0 N–H and O–H groups in total. The molecular formula is C22H23N3OS2. The molecule has 4 rings (SSSR count). The summed E-state index contributed by atoms with van der Waals surface area (Å²) in [7, 11) is 2.04. The number of hydrogen-bond acceptors (Lipinski definition) is 5. The van der Waals surface area contributed by atoms with Crippen molar-refractivity contribution in [3.8, 4) is 0 Å². The van der Waals surface area contributed by atoms with Crippen molar-refractivity contribution in [3.05, 3.63) is 73.4 Å². The molecule has 0 radical (unpaired) electrons. The summed E-state index contributed by atoms with van der Waals surface area (Å²) in [6.07, 6.45) is 3.76. The summed E-state index contributed by atoms with van der Waals surface area (Å²) in [5.41, 5.74) is 3.42. The summed E-state index contributed by atoms with van der Waals surface area (Å²) in [6.45, 7) is 7.05. The Morgan fingerprint density at radius 2 is 2.04 bits per heavy atom. The smallest absolute Gasteiger partial charge is 0.271 e. The van der Waals surface area contributed by atoms with E-state index in [0.29, 0.717) is 12.5 Å². The number of nitrogens with zero attached hydrogens (tertiary/aromatic N) is 3. The Balaban J connectivity index is 1.89.